The molecule has 1 aliphatic heterocycles. The summed E-state index contributed by atoms with van der Waals surface area (Å²) in [6.45, 7) is 1.27. The molecule has 0 bridgehead atoms. The van der Waals surface area contributed by atoms with Crippen molar-refractivity contribution in [3.8, 4) is 5.75 Å². The number of carbonyl (C=O) groups is 2. The average Bonchev–Trinajstić information content (AvgIpc) is 3.71. The van der Waals surface area contributed by atoms with Gasteiger partial charge < -0.3 is 9.84 Å². The van der Waals surface area contributed by atoms with Crippen LogP contribution in [-0.4, -0.2) is 61.9 Å². The number of nitrogens with one attached hydrogen (secondary N) is 1. The largest absolute Gasteiger partial charge is 0.490 e. The summed E-state index contributed by atoms with van der Waals surface area (Å²) in [4.78, 5) is 23.1. The Hall–Kier alpha value is -3.18. The summed E-state index contributed by atoms with van der Waals surface area (Å²) in [6.07, 6.45) is -6.99. The first kappa shape index (κ1) is 35.3. The van der Waals surface area contributed by atoms with E-state index in [0.29, 0.717) is 50.2 Å². The van der Waals surface area contributed by atoms with Crippen LogP contribution < -0.4 is 9.46 Å². The molecule has 244 valence electrons. The van der Waals surface area contributed by atoms with Gasteiger partial charge in [-0.15, -0.1) is 0 Å². The zero-order valence-corrected chi connectivity index (χ0v) is 24.2. The molecule has 1 saturated heterocycles. The standard InChI is InChI=1S/C24H24ClF5N2O4S.C2HF3O2/c1-37(34,35)31-23(33)18-11-17(13-2-3-13)14(8-20(18)26)12-32-6-4-16(5-7-32)36-21-10-15(24(28,29)30)9-19(25)22(21)27;3-2(4,5)1(6)7/h8-11,13,16H,2-7,12H2,1H3,(H,31,33);(H,6,7). The van der Waals surface area contributed by atoms with Crippen molar-refractivity contribution in [2.45, 2.75) is 56.6 Å². The molecular weight excluding hydrogens is 656 g/mol. The molecule has 2 fully saturated rings. The van der Waals surface area contributed by atoms with Crippen molar-refractivity contribution in [2.24, 2.45) is 0 Å². The number of carbonyl (C=O) groups excluding carboxylic acids is 1. The SMILES string of the molecule is CS(=O)(=O)NC(=O)c1cc(C2CC2)c(CN2CCC(Oc3cc(C(F)(F)F)cc(Cl)c3F)CC2)cc1F.O=C(O)C(F)(F)F. The molecule has 1 amide bonds. The molecule has 1 aliphatic carbocycles. The smallest absolute Gasteiger partial charge is 0.487 e. The van der Waals surface area contributed by atoms with Crippen LogP contribution in [0.1, 0.15) is 58.6 Å². The van der Waals surface area contributed by atoms with E-state index in [4.69, 9.17) is 26.2 Å². The van der Waals surface area contributed by atoms with Crippen LogP contribution in [0.2, 0.25) is 5.02 Å². The van der Waals surface area contributed by atoms with Crippen molar-refractivity contribution in [3.05, 3.63) is 63.2 Å². The van der Waals surface area contributed by atoms with Crippen molar-refractivity contribution in [1.29, 1.82) is 0 Å². The van der Waals surface area contributed by atoms with Gasteiger partial charge in [-0.2, -0.15) is 26.3 Å². The fourth-order valence-corrected chi connectivity index (χ4v) is 5.02. The van der Waals surface area contributed by atoms with E-state index in [1.165, 1.54) is 12.1 Å². The number of amides is 1. The normalized spacial score (nSPS) is 16.6. The topological polar surface area (TPSA) is 113 Å². The number of nitrogens with zero attached hydrogens (tertiary/aromatic N) is 1. The summed E-state index contributed by atoms with van der Waals surface area (Å²) in [6, 6.07) is 3.76. The number of rotatable bonds is 7. The highest BCUT2D eigenvalue weighted by molar-refractivity contribution is 7.89. The lowest BCUT2D eigenvalue weighted by atomic mass is 9.97. The van der Waals surface area contributed by atoms with E-state index in [1.807, 2.05) is 4.90 Å². The Labute approximate surface area is 251 Å². The number of carboxylic acid groups (broad SMARTS) is 1. The van der Waals surface area contributed by atoms with Crippen molar-refractivity contribution in [1.82, 2.24) is 9.62 Å². The fraction of sp³-hybridized carbons (Fsp3) is 0.462. The first-order valence-corrected chi connectivity index (χ1v) is 15.0. The van der Waals surface area contributed by atoms with Gasteiger partial charge in [-0.1, -0.05) is 11.6 Å². The number of carboxylic acids is 1. The van der Waals surface area contributed by atoms with Crippen LogP contribution in [0.5, 0.6) is 5.75 Å². The Balaban J connectivity index is 0.000000676. The lowest BCUT2D eigenvalue weighted by molar-refractivity contribution is -0.192. The van der Waals surface area contributed by atoms with Crippen LogP contribution >= 0.6 is 11.6 Å². The lowest BCUT2D eigenvalue weighted by Gasteiger charge is -2.33. The quantitative estimate of drug-likeness (QED) is 0.351. The zero-order valence-electron chi connectivity index (χ0n) is 22.7. The first-order valence-electron chi connectivity index (χ1n) is 12.8. The van der Waals surface area contributed by atoms with E-state index in [1.54, 1.807) is 4.72 Å². The number of alkyl halides is 6. The summed E-state index contributed by atoms with van der Waals surface area (Å²) in [7, 11) is -3.85. The van der Waals surface area contributed by atoms with E-state index in [2.05, 4.69) is 0 Å². The Morgan fingerprint density at radius 3 is 2.07 bits per heavy atom. The molecule has 2 N–H and O–H groups in total. The molecule has 18 heteroatoms. The maximum absolute atomic E-state index is 14.8. The number of ether oxygens (including phenoxy) is 1. The van der Waals surface area contributed by atoms with Crippen LogP contribution in [0.25, 0.3) is 0 Å². The molecule has 1 saturated carbocycles. The second-order valence-corrected chi connectivity index (χ2v) is 12.3. The number of halogens is 9. The molecular formula is C26H25ClF8N2O6S. The third-order valence-electron chi connectivity index (χ3n) is 6.56. The minimum absolute atomic E-state index is 0.148. The molecule has 1 heterocycles. The molecule has 2 aromatic carbocycles. The lowest BCUT2D eigenvalue weighted by Crippen LogP contribution is -2.38. The van der Waals surface area contributed by atoms with Gasteiger partial charge in [-0.25, -0.2) is 26.7 Å². The van der Waals surface area contributed by atoms with Crippen molar-refractivity contribution in [3.63, 3.8) is 0 Å². The Morgan fingerprint density at radius 1 is 1.02 bits per heavy atom. The summed E-state index contributed by atoms with van der Waals surface area (Å²) >= 11 is 5.63. The molecule has 8 nitrogen and oxygen atoms in total. The van der Waals surface area contributed by atoms with Gasteiger partial charge in [0.2, 0.25) is 10.0 Å². The maximum atomic E-state index is 14.8. The second-order valence-electron chi connectivity index (χ2n) is 10.2. The van der Waals surface area contributed by atoms with Gasteiger partial charge in [0.15, 0.2) is 11.6 Å². The number of hydrogen-bond donors (Lipinski definition) is 2. The van der Waals surface area contributed by atoms with E-state index < -0.39 is 68.3 Å². The number of sulfonamides is 1. The Kier molecular flexibility index (Phi) is 10.8. The van der Waals surface area contributed by atoms with E-state index in [9.17, 15) is 48.3 Å². The third kappa shape index (κ3) is 9.92. The first-order chi connectivity index (χ1) is 20.2. The third-order valence-corrected chi connectivity index (χ3v) is 7.39. The minimum Gasteiger partial charge on any atom is -0.487 e. The second kappa shape index (κ2) is 13.4. The van der Waals surface area contributed by atoms with Crippen molar-refractivity contribution >= 4 is 33.5 Å². The zero-order chi connectivity index (χ0) is 33.2. The number of hydrogen-bond acceptors (Lipinski definition) is 6. The predicted octanol–water partition coefficient (Wildman–Crippen LogP) is 5.88. The van der Waals surface area contributed by atoms with E-state index in [0.717, 1.165) is 24.7 Å². The molecule has 44 heavy (non-hydrogen) atoms. The fourth-order valence-electron chi connectivity index (χ4n) is 4.36. The highest BCUT2D eigenvalue weighted by Gasteiger charge is 2.38. The number of piperidine rings is 1. The highest BCUT2D eigenvalue weighted by atomic mass is 35.5. The number of aliphatic carboxylic acids is 1. The summed E-state index contributed by atoms with van der Waals surface area (Å²) in [5.41, 5.74) is 0.00433. The summed E-state index contributed by atoms with van der Waals surface area (Å²) in [5, 5.41) is 6.45. The minimum atomic E-state index is -5.08. The summed E-state index contributed by atoms with van der Waals surface area (Å²) in [5.74, 6) is -6.09. The van der Waals surface area contributed by atoms with Crippen LogP contribution in [0.15, 0.2) is 24.3 Å². The number of likely N-dealkylation sites (tertiary alicyclic amines) is 1. The molecule has 0 aromatic heterocycles. The maximum Gasteiger partial charge on any atom is 0.490 e. The van der Waals surface area contributed by atoms with Gasteiger partial charge >= 0.3 is 18.3 Å². The average molecular weight is 681 g/mol. The molecule has 0 unspecified atom stereocenters. The molecule has 0 radical (unpaired) electrons. The van der Waals surface area contributed by atoms with Gasteiger partial charge in [-0.3, -0.25) is 9.69 Å². The monoisotopic (exact) mass is 680 g/mol. The van der Waals surface area contributed by atoms with Gasteiger partial charge in [-0.05, 0) is 67.0 Å². The highest BCUT2D eigenvalue weighted by Crippen LogP contribution is 2.43. The predicted molar refractivity (Wildman–Crippen MR) is 140 cm³/mol. The van der Waals surface area contributed by atoms with Crippen molar-refractivity contribution < 1.29 is 63.0 Å². The van der Waals surface area contributed by atoms with Gasteiger partial charge in [0.05, 0.1) is 22.4 Å². The molecule has 2 aliphatic rings. The Morgan fingerprint density at radius 2 is 1.59 bits per heavy atom. The van der Waals surface area contributed by atoms with Gasteiger partial charge in [0.25, 0.3) is 5.91 Å². The van der Waals surface area contributed by atoms with Crippen LogP contribution in [0, 0.1) is 11.6 Å². The van der Waals surface area contributed by atoms with Gasteiger partial charge in [0.1, 0.15) is 11.9 Å². The molecule has 4 rings (SSSR count). The number of benzene rings is 2. The van der Waals surface area contributed by atoms with Crippen LogP contribution in [-0.2, 0) is 27.5 Å². The Bertz CT molecular complexity index is 1510. The van der Waals surface area contributed by atoms with Gasteiger partial charge in [0, 0.05) is 19.6 Å². The summed E-state index contributed by atoms with van der Waals surface area (Å²) < 4.78 is 130. The van der Waals surface area contributed by atoms with E-state index in [-0.39, 0.29) is 11.5 Å². The van der Waals surface area contributed by atoms with Crippen LogP contribution in [0.4, 0.5) is 35.1 Å². The van der Waals surface area contributed by atoms with Crippen molar-refractivity contribution in [2.75, 3.05) is 19.3 Å². The molecule has 0 spiro atoms. The molecule has 0 atom stereocenters. The molecule has 2 aromatic rings. The van der Waals surface area contributed by atoms with E-state index >= 15 is 0 Å². The van der Waals surface area contributed by atoms with Crippen LogP contribution in [0.3, 0.4) is 0 Å².